The number of aryl methyl sites for hydroxylation is 1. The number of benzene rings is 1. The second-order valence-corrected chi connectivity index (χ2v) is 4.43. The summed E-state index contributed by atoms with van der Waals surface area (Å²) in [6.07, 6.45) is 2.28. The van der Waals surface area contributed by atoms with E-state index in [2.05, 4.69) is 15.4 Å². The Hall–Kier alpha value is -2.28. The van der Waals surface area contributed by atoms with Gasteiger partial charge < -0.3 is 11.1 Å². The van der Waals surface area contributed by atoms with Crippen LogP contribution in [0.3, 0.4) is 0 Å². The van der Waals surface area contributed by atoms with Gasteiger partial charge in [-0.05, 0) is 18.2 Å². The van der Waals surface area contributed by atoms with Crippen molar-refractivity contribution in [1.29, 1.82) is 0 Å². The maximum absolute atomic E-state index is 13.6. The molecule has 6 nitrogen and oxygen atoms in total. The number of amides is 1. The molecule has 1 aromatic heterocycles. The lowest BCUT2D eigenvalue weighted by molar-refractivity contribution is 0.1000. The number of carbonyl (C=O) groups is 1. The Bertz CT molecular complexity index is 611. The molecule has 0 aliphatic heterocycles. The molecule has 0 aliphatic carbocycles. The number of hydrogen-bond donors (Lipinski definition) is 2. The van der Waals surface area contributed by atoms with Crippen LogP contribution in [-0.2, 0) is 20.0 Å². The molecule has 0 bridgehead atoms. The van der Waals surface area contributed by atoms with Crippen molar-refractivity contribution < 1.29 is 9.18 Å². The maximum atomic E-state index is 13.6. The number of primary amides is 1. The second-order valence-electron chi connectivity index (χ2n) is 4.43. The van der Waals surface area contributed by atoms with Gasteiger partial charge in [-0.1, -0.05) is 0 Å². The molecule has 0 saturated carbocycles. The molecular formula is C13H16FN5O. The fraction of sp³-hybridized carbons (Fsp3) is 0.308. The first-order valence-corrected chi connectivity index (χ1v) is 6.19. The third-order valence-corrected chi connectivity index (χ3v) is 2.82. The van der Waals surface area contributed by atoms with Crippen LogP contribution in [0.25, 0.3) is 0 Å². The van der Waals surface area contributed by atoms with E-state index < -0.39 is 5.91 Å². The van der Waals surface area contributed by atoms with Gasteiger partial charge in [0.15, 0.2) is 5.82 Å². The van der Waals surface area contributed by atoms with Gasteiger partial charge >= 0.3 is 0 Å². The molecule has 0 unspecified atom stereocenters. The zero-order chi connectivity index (χ0) is 14.5. The molecule has 0 fully saturated rings. The first-order chi connectivity index (χ1) is 9.56. The van der Waals surface area contributed by atoms with Crippen molar-refractivity contribution in [2.24, 2.45) is 12.8 Å². The largest absolute Gasteiger partial charge is 0.366 e. The Balaban J connectivity index is 1.87. The van der Waals surface area contributed by atoms with Crippen molar-refractivity contribution in [2.75, 3.05) is 6.54 Å². The SMILES string of the molecule is Cn1cnc(CCNCc2cc(C(N)=O)ccc2F)n1. The van der Waals surface area contributed by atoms with Crippen molar-refractivity contribution in [1.82, 2.24) is 20.1 Å². The van der Waals surface area contributed by atoms with E-state index in [1.165, 1.54) is 18.2 Å². The molecule has 1 amide bonds. The van der Waals surface area contributed by atoms with Crippen LogP contribution in [0.4, 0.5) is 4.39 Å². The van der Waals surface area contributed by atoms with Crippen LogP contribution in [-0.4, -0.2) is 27.2 Å². The van der Waals surface area contributed by atoms with Crippen LogP contribution in [0.1, 0.15) is 21.7 Å². The van der Waals surface area contributed by atoms with Gasteiger partial charge in [0, 0.05) is 37.7 Å². The number of halogens is 1. The minimum atomic E-state index is -0.566. The molecule has 0 aliphatic rings. The predicted molar refractivity (Wildman–Crippen MR) is 71.3 cm³/mol. The highest BCUT2D eigenvalue weighted by Crippen LogP contribution is 2.10. The zero-order valence-corrected chi connectivity index (χ0v) is 11.1. The van der Waals surface area contributed by atoms with E-state index in [1.54, 1.807) is 18.1 Å². The van der Waals surface area contributed by atoms with E-state index in [0.29, 0.717) is 30.6 Å². The Morgan fingerprint density at radius 1 is 1.50 bits per heavy atom. The fourth-order valence-electron chi connectivity index (χ4n) is 1.79. The first kappa shape index (κ1) is 14.1. The van der Waals surface area contributed by atoms with E-state index in [1.807, 2.05) is 0 Å². The summed E-state index contributed by atoms with van der Waals surface area (Å²) in [6.45, 7) is 0.935. The van der Waals surface area contributed by atoms with Crippen LogP contribution in [0, 0.1) is 5.82 Å². The van der Waals surface area contributed by atoms with Crippen LogP contribution in [0.15, 0.2) is 24.5 Å². The maximum Gasteiger partial charge on any atom is 0.248 e. The number of hydrogen-bond acceptors (Lipinski definition) is 4. The molecule has 2 aromatic rings. The third kappa shape index (κ3) is 3.61. The molecular weight excluding hydrogens is 261 g/mol. The minimum absolute atomic E-state index is 0.301. The first-order valence-electron chi connectivity index (χ1n) is 6.19. The summed E-state index contributed by atoms with van der Waals surface area (Å²) in [4.78, 5) is 15.1. The summed E-state index contributed by atoms with van der Waals surface area (Å²) in [5, 5.41) is 7.23. The quantitative estimate of drug-likeness (QED) is 0.748. The average molecular weight is 277 g/mol. The van der Waals surface area contributed by atoms with Gasteiger partial charge in [0.25, 0.3) is 0 Å². The summed E-state index contributed by atoms with van der Waals surface area (Å²) >= 11 is 0. The monoisotopic (exact) mass is 277 g/mol. The van der Waals surface area contributed by atoms with Gasteiger partial charge in [-0.15, -0.1) is 0 Å². The molecule has 0 radical (unpaired) electrons. The van der Waals surface area contributed by atoms with Crippen LogP contribution in [0.5, 0.6) is 0 Å². The topological polar surface area (TPSA) is 85.8 Å². The van der Waals surface area contributed by atoms with E-state index in [9.17, 15) is 9.18 Å². The van der Waals surface area contributed by atoms with Crippen molar-refractivity contribution in [2.45, 2.75) is 13.0 Å². The zero-order valence-electron chi connectivity index (χ0n) is 11.1. The van der Waals surface area contributed by atoms with Crippen LogP contribution in [0.2, 0.25) is 0 Å². The van der Waals surface area contributed by atoms with Gasteiger partial charge in [0.05, 0.1) is 0 Å². The lowest BCUT2D eigenvalue weighted by Gasteiger charge is -2.06. The number of nitrogens with zero attached hydrogens (tertiary/aromatic N) is 3. The van der Waals surface area contributed by atoms with Crippen molar-refractivity contribution in [3.63, 3.8) is 0 Å². The van der Waals surface area contributed by atoms with E-state index >= 15 is 0 Å². The number of nitrogens with one attached hydrogen (secondary N) is 1. The highest BCUT2D eigenvalue weighted by molar-refractivity contribution is 5.92. The smallest absolute Gasteiger partial charge is 0.248 e. The van der Waals surface area contributed by atoms with Crippen LogP contribution < -0.4 is 11.1 Å². The van der Waals surface area contributed by atoms with E-state index in [0.717, 1.165) is 5.82 Å². The molecule has 20 heavy (non-hydrogen) atoms. The number of rotatable bonds is 6. The van der Waals surface area contributed by atoms with Gasteiger partial charge in [0.2, 0.25) is 5.91 Å². The molecule has 0 spiro atoms. The van der Waals surface area contributed by atoms with Gasteiger partial charge in [0.1, 0.15) is 12.1 Å². The molecule has 0 saturated heterocycles. The van der Waals surface area contributed by atoms with E-state index in [-0.39, 0.29) is 5.82 Å². The Kier molecular flexibility index (Phi) is 4.41. The van der Waals surface area contributed by atoms with Gasteiger partial charge in [-0.25, -0.2) is 9.37 Å². The molecule has 0 atom stereocenters. The van der Waals surface area contributed by atoms with Crippen molar-refractivity contribution in [3.05, 3.63) is 47.3 Å². The average Bonchev–Trinajstić information content (AvgIpc) is 2.82. The number of nitrogens with two attached hydrogens (primary N) is 1. The highest BCUT2D eigenvalue weighted by atomic mass is 19.1. The Morgan fingerprint density at radius 3 is 2.95 bits per heavy atom. The van der Waals surface area contributed by atoms with Gasteiger partial charge in [-0.2, -0.15) is 5.10 Å². The number of aromatic nitrogens is 3. The minimum Gasteiger partial charge on any atom is -0.366 e. The highest BCUT2D eigenvalue weighted by Gasteiger charge is 2.07. The number of carbonyl (C=O) groups excluding carboxylic acids is 1. The molecule has 7 heteroatoms. The Morgan fingerprint density at radius 2 is 2.30 bits per heavy atom. The van der Waals surface area contributed by atoms with Gasteiger partial charge in [-0.3, -0.25) is 9.48 Å². The molecule has 2 rings (SSSR count). The fourth-order valence-corrected chi connectivity index (χ4v) is 1.79. The predicted octanol–water partition coefficient (Wildman–Crippen LogP) is 0.385. The van der Waals surface area contributed by atoms with Crippen molar-refractivity contribution >= 4 is 5.91 Å². The second kappa shape index (κ2) is 6.25. The molecule has 1 aromatic carbocycles. The standard InChI is InChI=1S/C13H16FN5O/c1-19-8-17-12(18-19)4-5-16-7-10-6-9(13(15)20)2-3-11(10)14/h2-3,6,8,16H,4-5,7H2,1H3,(H2,15,20). The molecule has 106 valence electrons. The lowest BCUT2D eigenvalue weighted by Crippen LogP contribution is -2.19. The Labute approximate surface area is 115 Å². The summed E-state index contributed by atoms with van der Waals surface area (Å²) in [5.41, 5.74) is 5.88. The molecule has 3 N–H and O–H groups in total. The summed E-state index contributed by atoms with van der Waals surface area (Å²) in [5.74, 6) is -0.200. The molecule has 1 heterocycles. The third-order valence-electron chi connectivity index (χ3n) is 2.82. The summed E-state index contributed by atoms with van der Waals surface area (Å²) in [7, 11) is 1.80. The van der Waals surface area contributed by atoms with Crippen molar-refractivity contribution in [3.8, 4) is 0 Å². The van der Waals surface area contributed by atoms with Crippen LogP contribution >= 0.6 is 0 Å². The summed E-state index contributed by atoms with van der Waals surface area (Å²) in [6, 6.07) is 4.08. The normalized spacial score (nSPS) is 10.7. The summed E-state index contributed by atoms with van der Waals surface area (Å²) < 4.78 is 15.2. The lowest BCUT2D eigenvalue weighted by atomic mass is 10.1. The van der Waals surface area contributed by atoms with E-state index in [4.69, 9.17) is 5.73 Å².